The van der Waals surface area contributed by atoms with E-state index in [2.05, 4.69) is 48.5 Å². The van der Waals surface area contributed by atoms with Crippen molar-refractivity contribution >= 4 is 11.7 Å². The zero-order valence-corrected chi connectivity index (χ0v) is 20.4. The van der Waals surface area contributed by atoms with Crippen LogP contribution in [0.4, 0.5) is 4.79 Å². The zero-order valence-electron chi connectivity index (χ0n) is 20.4. The minimum atomic E-state index is -0.288. The van der Waals surface area contributed by atoms with Gasteiger partial charge >= 0.3 is 6.09 Å². The van der Waals surface area contributed by atoms with E-state index in [1.165, 1.54) is 46.9 Å². The molecule has 0 saturated carbocycles. The molecule has 2 aromatic rings. The predicted molar refractivity (Wildman–Crippen MR) is 133 cm³/mol. The fourth-order valence-corrected chi connectivity index (χ4v) is 4.37. The summed E-state index contributed by atoms with van der Waals surface area (Å²) < 4.78 is 9.95. The Morgan fingerprint density at radius 2 is 1.31 bits per heavy atom. The average Bonchev–Trinajstić information content (AvgIpc) is 2.86. The second-order valence-electron chi connectivity index (χ2n) is 7.45. The second kappa shape index (κ2) is 13.7. The molecule has 1 aliphatic carbocycles. The number of hydrogen-bond donors (Lipinski definition) is 0. The van der Waals surface area contributed by atoms with Gasteiger partial charge < -0.3 is 14.4 Å². The van der Waals surface area contributed by atoms with Gasteiger partial charge in [-0.3, -0.25) is 0 Å². The van der Waals surface area contributed by atoms with Crippen LogP contribution in [-0.2, 0) is 22.3 Å². The number of rotatable bonds is 2. The Morgan fingerprint density at radius 1 is 0.812 bits per heavy atom. The molecule has 1 saturated heterocycles. The van der Waals surface area contributed by atoms with Gasteiger partial charge in [0.2, 0.25) is 0 Å². The van der Waals surface area contributed by atoms with E-state index >= 15 is 0 Å². The van der Waals surface area contributed by atoms with Crippen LogP contribution in [0.2, 0.25) is 0 Å². The van der Waals surface area contributed by atoms with Crippen molar-refractivity contribution in [2.24, 2.45) is 0 Å². The Morgan fingerprint density at radius 3 is 1.81 bits per heavy atom. The molecule has 0 aromatic heterocycles. The van der Waals surface area contributed by atoms with E-state index in [4.69, 9.17) is 9.47 Å². The van der Waals surface area contributed by atoms with E-state index in [1.807, 2.05) is 27.7 Å². The quantitative estimate of drug-likeness (QED) is 0.481. The molecule has 174 valence electrons. The van der Waals surface area contributed by atoms with Crippen LogP contribution in [0, 0.1) is 0 Å². The Labute approximate surface area is 194 Å². The highest BCUT2D eigenvalue weighted by molar-refractivity contribution is 5.85. The molecule has 2 aromatic carbocycles. The van der Waals surface area contributed by atoms with Crippen molar-refractivity contribution in [3.63, 3.8) is 0 Å². The number of amides is 1. The van der Waals surface area contributed by atoms with Crippen LogP contribution in [0.25, 0.3) is 5.57 Å². The van der Waals surface area contributed by atoms with E-state index in [-0.39, 0.29) is 12.9 Å². The maximum atomic E-state index is 12.1. The van der Waals surface area contributed by atoms with Gasteiger partial charge in [-0.25, -0.2) is 4.79 Å². The maximum absolute atomic E-state index is 12.1. The topological polar surface area (TPSA) is 38.8 Å². The number of benzene rings is 2. The van der Waals surface area contributed by atoms with E-state index in [0.717, 1.165) is 25.7 Å². The number of aryl methyl sites for hydroxylation is 2. The molecule has 0 radical (unpaired) electrons. The van der Waals surface area contributed by atoms with E-state index in [9.17, 15) is 4.79 Å². The lowest BCUT2D eigenvalue weighted by Crippen LogP contribution is -2.37. The van der Waals surface area contributed by atoms with Crippen LogP contribution in [0.3, 0.4) is 0 Å². The summed E-state index contributed by atoms with van der Waals surface area (Å²) in [5, 5.41) is 0. The molecular formula is C28H39NO3. The summed E-state index contributed by atoms with van der Waals surface area (Å²) in [6.45, 7) is 9.38. The lowest BCUT2D eigenvalue weighted by molar-refractivity contribution is -0.00522. The molecule has 0 bridgehead atoms. The number of ether oxygens (including phenoxy) is 2. The van der Waals surface area contributed by atoms with Gasteiger partial charge in [0.05, 0.1) is 0 Å². The lowest BCUT2D eigenvalue weighted by atomic mass is 9.81. The molecule has 4 heteroatoms. The molecule has 1 amide bonds. The van der Waals surface area contributed by atoms with Crippen LogP contribution in [0.15, 0.2) is 54.1 Å². The number of carbonyl (C=O) groups excluding carboxylic acids is 1. The monoisotopic (exact) mass is 437 g/mol. The fourth-order valence-electron chi connectivity index (χ4n) is 4.37. The number of hydrogen-bond acceptors (Lipinski definition) is 3. The molecular weight excluding hydrogens is 398 g/mol. The molecule has 1 aliphatic heterocycles. The Kier molecular flexibility index (Phi) is 11.0. The number of likely N-dealkylation sites (tertiary alicyclic amines) is 1. The van der Waals surface area contributed by atoms with Gasteiger partial charge in [-0.05, 0) is 59.9 Å². The Bertz CT molecular complexity index is 828. The van der Waals surface area contributed by atoms with Crippen molar-refractivity contribution in [3.8, 4) is 0 Å². The van der Waals surface area contributed by atoms with Gasteiger partial charge in [0.25, 0.3) is 0 Å². The lowest BCUT2D eigenvalue weighted by Gasteiger charge is -2.31. The number of piperidine rings is 1. The standard InChI is InChI=1S/C24H27NO3.2C2H6/c1-27-17-28-24(26)25-15-13-20(14-16-25)23-21-11-4-2-7-18(21)9-6-10-19-8-3-5-12-22(19)23;2*1-2/h2-5,7-8,11-12H,6,9-10,13-17H2,1H3;2*1-2H3. The summed E-state index contributed by atoms with van der Waals surface area (Å²) in [5.41, 5.74) is 8.41. The van der Waals surface area contributed by atoms with Gasteiger partial charge in [-0.15, -0.1) is 0 Å². The third-order valence-electron chi connectivity index (χ3n) is 5.74. The van der Waals surface area contributed by atoms with Gasteiger partial charge in [-0.1, -0.05) is 81.8 Å². The van der Waals surface area contributed by atoms with Gasteiger partial charge in [0.15, 0.2) is 6.79 Å². The van der Waals surface area contributed by atoms with Crippen LogP contribution >= 0.6 is 0 Å². The molecule has 4 nitrogen and oxygen atoms in total. The van der Waals surface area contributed by atoms with Crippen LogP contribution in [0.1, 0.15) is 69.2 Å². The smallest absolute Gasteiger partial charge is 0.411 e. The molecule has 1 fully saturated rings. The third-order valence-corrected chi connectivity index (χ3v) is 5.74. The number of carbonyl (C=O) groups is 1. The van der Waals surface area contributed by atoms with Gasteiger partial charge in [0, 0.05) is 20.2 Å². The summed E-state index contributed by atoms with van der Waals surface area (Å²) in [5.74, 6) is 0. The Hall–Kier alpha value is -2.59. The first kappa shape index (κ1) is 25.7. The largest absolute Gasteiger partial charge is 0.422 e. The molecule has 4 rings (SSSR count). The SMILES string of the molecule is CC.CC.COCOC(=O)N1CCC(=C2c3ccccc3CCCc3ccccc32)CC1. The first-order valence-corrected chi connectivity index (χ1v) is 12.1. The van der Waals surface area contributed by atoms with Crippen molar-refractivity contribution < 1.29 is 14.3 Å². The second-order valence-corrected chi connectivity index (χ2v) is 7.45. The summed E-state index contributed by atoms with van der Waals surface area (Å²) in [6.07, 6.45) is 4.85. The molecule has 2 aliphatic rings. The van der Waals surface area contributed by atoms with E-state index in [0.29, 0.717) is 13.1 Å². The van der Waals surface area contributed by atoms with E-state index < -0.39 is 0 Å². The van der Waals surface area contributed by atoms with Crippen LogP contribution < -0.4 is 0 Å². The predicted octanol–water partition coefficient (Wildman–Crippen LogP) is 6.87. The molecule has 0 spiro atoms. The molecule has 1 heterocycles. The summed E-state index contributed by atoms with van der Waals surface area (Å²) in [7, 11) is 1.52. The normalized spacial score (nSPS) is 15.0. The maximum Gasteiger partial charge on any atom is 0.411 e. The van der Waals surface area contributed by atoms with Crippen molar-refractivity contribution in [2.45, 2.75) is 59.8 Å². The van der Waals surface area contributed by atoms with Crippen LogP contribution in [-0.4, -0.2) is 38.0 Å². The zero-order chi connectivity index (χ0) is 23.3. The Balaban J connectivity index is 0.000000860. The first-order chi connectivity index (χ1) is 15.8. The highest BCUT2D eigenvalue weighted by Crippen LogP contribution is 2.38. The van der Waals surface area contributed by atoms with Crippen molar-refractivity contribution in [1.29, 1.82) is 0 Å². The summed E-state index contributed by atoms with van der Waals surface area (Å²) in [4.78, 5) is 13.9. The first-order valence-electron chi connectivity index (χ1n) is 12.1. The molecule has 0 atom stereocenters. The molecule has 32 heavy (non-hydrogen) atoms. The third kappa shape index (κ3) is 6.23. The molecule has 0 N–H and O–H groups in total. The average molecular weight is 438 g/mol. The minimum Gasteiger partial charge on any atom is -0.422 e. The van der Waals surface area contributed by atoms with Crippen LogP contribution in [0.5, 0.6) is 0 Å². The fraction of sp³-hybridized carbons (Fsp3) is 0.464. The summed E-state index contributed by atoms with van der Waals surface area (Å²) >= 11 is 0. The number of nitrogens with zero attached hydrogens (tertiary/aromatic N) is 1. The highest BCUT2D eigenvalue weighted by Gasteiger charge is 2.25. The minimum absolute atomic E-state index is 0.00400. The number of methoxy groups -OCH3 is 1. The number of fused-ring (bicyclic) bond motifs is 2. The molecule has 0 unspecified atom stereocenters. The van der Waals surface area contributed by atoms with Gasteiger partial charge in [-0.2, -0.15) is 0 Å². The summed E-state index contributed by atoms with van der Waals surface area (Å²) in [6, 6.07) is 17.6. The van der Waals surface area contributed by atoms with E-state index in [1.54, 1.807) is 4.90 Å². The van der Waals surface area contributed by atoms with Gasteiger partial charge in [0.1, 0.15) is 0 Å². The highest BCUT2D eigenvalue weighted by atomic mass is 16.7. The van der Waals surface area contributed by atoms with Crippen molar-refractivity contribution in [1.82, 2.24) is 4.90 Å². The van der Waals surface area contributed by atoms with Crippen molar-refractivity contribution in [2.75, 3.05) is 27.0 Å². The van der Waals surface area contributed by atoms with Crippen molar-refractivity contribution in [3.05, 3.63) is 76.4 Å².